The van der Waals surface area contributed by atoms with Crippen molar-refractivity contribution in [3.63, 3.8) is 0 Å². The van der Waals surface area contributed by atoms with Crippen molar-refractivity contribution in [2.24, 2.45) is 5.10 Å². The first-order valence-corrected chi connectivity index (χ1v) is 11.6. The van der Waals surface area contributed by atoms with E-state index in [2.05, 4.69) is 15.8 Å². The van der Waals surface area contributed by atoms with E-state index in [-0.39, 0.29) is 5.82 Å². The Balaban J connectivity index is 1.51. The molecular formula is C26H25ClFN3O2S. The molecule has 3 aromatic carbocycles. The summed E-state index contributed by atoms with van der Waals surface area (Å²) in [6.45, 7) is 6.26. The highest BCUT2D eigenvalue weighted by Crippen LogP contribution is 2.35. The molecule has 0 saturated carbocycles. The Morgan fingerprint density at radius 2 is 1.94 bits per heavy atom. The molecule has 0 bridgehead atoms. The molecule has 4 rings (SSSR count). The van der Waals surface area contributed by atoms with Crippen LogP contribution in [0.25, 0.3) is 0 Å². The number of benzene rings is 3. The molecule has 0 unspecified atom stereocenters. The number of nitrogens with one attached hydrogen (secondary N) is 2. The molecule has 176 valence electrons. The zero-order valence-electron chi connectivity index (χ0n) is 19.1. The van der Waals surface area contributed by atoms with Gasteiger partial charge in [-0.3, -0.25) is 5.43 Å². The Morgan fingerprint density at radius 3 is 2.71 bits per heavy atom. The number of rotatable bonds is 5. The molecule has 2 N–H and O–H groups in total. The van der Waals surface area contributed by atoms with Crippen LogP contribution in [0.5, 0.6) is 11.5 Å². The number of nitrogens with zero attached hydrogens (tertiary/aromatic N) is 1. The molecule has 0 aliphatic carbocycles. The highest BCUT2D eigenvalue weighted by molar-refractivity contribution is 7.80. The largest absolute Gasteiger partial charge is 0.489 e. The predicted octanol–water partition coefficient (Wildman–Crippen LogP) is 6.62. The van der Waals surface area contributed by atoms with Crippen LogP contribution >= 0.6 is 23.8 Å². The van der Waals surface area contributed by atoms with E-state index >= 15 is 0 Å². The van der Waals surface area contributed by atoms with Crippen LogP contribution in [0.3, 0.4) is 0 Å². The number of ether oxygens (including phenoxy) is 2. The Bertz CT molecular complexity index is 1250. The van der Waals surface area contributed by atoms with Gasteiger partial charge in [0.1, 0.15) is 29.5 Å². The van der Waals surface area contributed by atoms with Crippen molar-refractivity contribution in [1.29, 1.82) is 0 Å². The van der Waals surface area contributed by atoms with Crippen LogP contribution in [0.15, 0.2) is 65.8 Å². The number of hydrogen-bond donors (Lipinski definition) is 2. The van der Waals surface area contributed by atoms with Gasteiger partial charge in [0.2, 0.25) is 0 Å². The van der Waals surface area contributed by atoms with E-state index in [9.17, 15) is 4.39 Å². The second-order valence-electron chi connectivity index (χ2n) is 8.65. The summed E-state index contributed by atoms with van der Waals surface area (Å²) in [5.41, 5.74) is 6.73. The van der Waals surface area contributed by atoms with Gasteiger partial charge in [0.25, 0.3) is 0 Å². The third-order valence-electron chi connectivity index (χ3n) is 5.37. The van der Waals surface area contributed by atoms with Crippen molar-refractivity contribution in [3.8, 4) is 11.5 Å². The van der Waals surface area contributed by atoms with E-state index < -0.39 is 5.60 Å². The van der Waals surface area contributed by atoms with Crippen molar-refractivity contribution in [2.45, 2.75) is 39.4 Å². The maximum absolute atomic E-state index is 13.1. The fourth-order valence-corrected chi connectivity index (χ4v) is 3.93. The quantitative estimate of drug-likeness (QED) is 0.306. The van der Waals surface area contributed by atoms with E-state index in [0.29, 0.717) is 28.9 Å². The summed E-state index contributed by atoms with van der Waals surface area (Å²) in [5, 5.41) is 8.74. The summed E-state index contributed by atoms with van der Waals surface area (Å²) in [6, 6.07) is 17.4. The standard InChI is InChI=1S/C26H25ClFN3O2S/c1-16-21(27)5-4-6-22(16)29-25(34)31-30-23-14-26(2,3)33-24-12-11-19(13-20(23)24)32-15-17-7-9-18(28)10-8-17/h4-13H,14-15H2,1-3H3,(H2,29,31,34)/b30-23-. The number of halogens is 2. The summed E-state index contributed by atoms with van der Waals surface area (Å²) in [5.74, 6) is 1.11. The van der Waals surface area contributed by atoms with Crippen molar-refractivity contribution in [3.05, 3.63) is 88.2 Å². The third kappa shape index (κ3) is 5.85. The van der Waals surface area contributed by atoms with Crippen LogP contribution < -0.4 is 20.2 Å². The summed E-state index contributed by atoms with van der Waals surface area (Å²) < 4.78 is 25.2. The summed E-state index contributed by atoms with van der Waals surface area (Å²) >= 11 is 11.6. The molecule has 0 aromatic heterocycles. The molecule has 0 atom stereocenters. The molecular weight excluding hydrogens is 473 g/mol. The fourth-order valence-electron chi connectivity index (χ4n) is 3.60. The monoisotopic (exact) mass is 497 g/mol. The van der Waals surface area contributed by atoms with Crippen LogP contribution in [0, 0.1) is 12.7 Å². The van der Waals surface area contributed by atoms with Crippen molar-refractivity contribution >= 4 is 40.3 Å². The number of fused-ring (bicyclic) bond motifs is 1. The normalized spacial score (nSPS) is 15.3. The Kier molecular flexibility index (Phi) is 7.05. The highest BCUT2D eigenvalue weighted by Gasteiger charge is 2.31. The minimum atomic E-state index is -0.428. The molecule has 5 nitrogen and oxygen atoms in total. The van der Waals surface area contributed by atoms with Gasteiger partial charge >= 0.3 is 0 Å². The molecule has 0 radical (unpaired) electrons. The van der Waals surface area contributed by atoms with Gasteiger partial charge in [0, 0.05) is 22.7 Å². The lowest BCUT2D eigenvalue weighted by molar-refractivity contribution is 0.111. The summed E-state index contributed by atoms with van der Waals surface area (Å²) in [7, 11) is 0. The van der Waals surface area contributed by atoms with E-state index in [1.807, 2.05) is 57.2 Å². The topological polar surface area (TPSA) is 54.9 Å². The third-order valence-corrected chi connectivity index (χ3v) is 5.97. The van der Waals surface area contributed by atoms with E-state index in [4.69, 9.17) is 33.3 Å². The molecule has 0 fully saturated rings. The molecule has 3 aromatic rings. The molecule has 0 saturated heterocycles. The molecule has 1 aliphatic heterocycles. The zero-order valence-corrected chi connectivity index (χ0v) is 20.7. The minimum absolute atomic E-state index is 0.274. The van der Waals surface area contributed by atoms with Crippen LogP contribution in [0.4, 0.5) is 10.1 Å². The smallest absolute Gasteiger partial charge is 0.191 e. The lowest BCUT2D eigenvalue weighted by Crippen LogP contribution is -2.37. The SMILES string of the molecule is Cc1c(Cl)cccc1NC(=S)N/N=C1/CC(C)(C)Oc2ccc(OCc3ccc(F)cc3)cc21. The minimum Gasteiger partial charge on any atom is -0.489 e. The second-order valence-corrected chi connectivity index (χ2v) is 9.46. The predicted molar refractivity (Wildman–Crippen MR) is 139 cm³/mol. The van der Waals surface area contributed by atoms with E-state index in [1.54, 1.807) is 12.1 Å². The fraction of sp³-hybridized carbons (Fsp3) is 0.231. The average molecular weight is 498 g/mol. The summed E-state index contributed by atoms with van der Waals surface area (Å²) in [4.78, 5) is 0. The van der Waals surface area contributed by atoms with Gasteiger partial charge in [-0.2, -0.15) is 5.10 Å². The van der Waals surface area contributed by atoms with Crippen LogP contribution in [-0.2, 0) is 6.61 Å². The Morgan fingerprint density at radius 1 is 1.18 bits per heavy atom. The molecule has 1 aliphatic rings. The van der Waals surface area contributed by atoms with Crippen LogP contribution in [0.1, 0.15) is 37.0 Å². The number of anilines is 1. The maximum Gasteiger partial charge on any atom is 0.191 e. The molecule has 0 spiro atoms. The Labute approximate surface area is 208 Å². The van der Waals surface area contributed by atoms with Crippen molar-refractivity contribution in [2.75, 3.05) is 5.32 Å². The maximum atomic E-state index is 13.1. The van der Waals surface area contributed by atoms with Gasteiger partial charge in [-0.1, -0.05) is 29.8 Å². The van der Waals surface area contributed by atoms with Gasteiger partial charge < -0.3 is 14.8 Å². The highest BCUT2D eigenvalue weighted by atomic mass is 35.5. The second kappa shape index (κ2) is 9.99. The molecule has 1 heterocycles. The van der Waals surface area contributed by atoms with Gasteiger partial charge in [-0.15, -0.1) is 0 Å². The lowest BCUT2D eigenvalue weighted by atomic mass is 9.92. The van der Waals surface area contributed by atoms with Gasteiger partial charge in [-0.05, 0) is 86.6 Å². The summed E-state index contributed by atoms with van der Waals surface area (Å²) in [6.07, 6.45) is 0.577. The van der Waals surface area contributed by atoms with Gasteiger partial charge in [0.15, 0.2) is 5.11 Å². The van der Waals surface area contributed by atoms with Crippen LogP contribution in [0.2, 0.25) is 5.02 Å². The molecule has 34 heavy (non-hydrogen) atoms. The Hall–Kier alpha value is -3.16. The first-order valence-electron chi connectivity index (χ1n) is 10.8. The molecule has 8 heteroatoms. The van der Waals surface area contributed by atoms with Crippen LogP contribution in [-0.4, -0.2) is 16.4 Å². The first-order chi connectivity index (χ1) is 16.2. The van der Waals surface area contributed by atoms with Crippen molar-refractivity contribution < 1.29 is 13.9 Å². The number of hydrazone groups is 1. The van der Waals surface area contributed by atoms with Gasteiger partial charge in [0.05, 0.1) is 5.71 Å². The average Bonchev–Trinajstić information content (AvgIpc) is 2.79. The van der Waals surface area contributed by atoms with Crippen molar-refractivity contribution in [1.82, 2.24) is 5.43 Å². The van der Waals surface area contributed by atoms with E-state index in [1.165, 1.54) is 12.1 Å². The van der Waals surface area contributed by atoms with Gasteiger partial charge in [-0.25, -0.2) is 4.39 Å². The molecule has 0 amide bonds. The lowest BCUT2D eigenvalue weighted by Gasteiger charge is -2.33. The first kappa shape index (κ1) is 24.0. The zero-order chi connectivity index (χ0) is 24.3. The number of hydrogen-bond acceptors (Lipinski definition) is 4. The number of thiocarbonyl (C=S) groups is 1. The van der Waals surface area contributed by atoms with E-state index in [0.717, 1.165) is 33.8 Å².